The minimum absolute atomic E-state index is 1.23. The Morgan fingerprint density at radius 1 is 0.609 bits per heavy atom. The van der Waals surface area contributed by atoms with E-state index in [1.54, 1.807) is 0 Å². The number of hydrogen-bond donors (Lipinski definition) is 0. The molecule has 0 heterocycles. The topological polar surface area (TPSA) is 9.23 Å². The van der Waals surface area contributed by atoms with Crippen LogP contribution in [0.5, 0.6) is 0 Å². The zero-order valence-corrected chi connectivity index (χ0v) is 14.5. The molecule has 1 nitrogen and oxygen atoms in total. The summed E-state index contributed by atoms with van der Waals surface area (Å²) in [6, 6.07) is 29.9. The van der Waals surface area contributed by atoms with Gasteiger partial charge in [-0.2, -0.15) is 0 Å². The molecule has 0 atom stereocenters. The first-order chi connectivity index (χ1) is 11.4. The van der Waals surface area contributed by atoms with Gasteiger partial charge in [0.2, 0.25) is 10.5 Å². The second-order valence-electron chi connectivity index (χ2n) is 5.48. The Balaban J connectivity index is 1.98. The molecule has 4 aromatic carbocycles. The summed E-state index contributed by atoms with van der Waals surface area (Å²) in [7, 11) is 2.01. The summed E-state index contributed by atoms with van der Waals surface area (Å²) in [4.78, 5) is 0. The summed E-state index contributed by atoms with van der Waals surface area (Å²) in [5.41, 5.74) is 0. The van der Waals surface area contributed by atoms with Crippen molar-refractivity contribution in [1.29, 1.82) is 0 Å². The molecule has 0 saturated carbocycles. The minimum Gasteiger partial charge on any atom is -0.450 e. The maximum Gasteiger partial charge on any atom is 0.272 e. The smallest absolute Gasteiger partial charge is 0.272 e. The van der Waals surface area contributed by atoms with Gasteiger partial charge in [-0.05, 0) is 31.9 Å². The maximum absolute atomic E-state index is 5.75. The van der Waals surface area contributed by atoms with Crippen molar-refractivity contribution in [2.45, 2.75) is 0 Å². The number of hydrogen-bond acceptors (Lipinski definition) is 1. The predicted octanol–water partition coefficient (Wildman–Crippen LogP) is 3.20. The summed E-state index contributed by atoms with van der Waals surface area (Å²) in [6.45, 7) is 0. The molecule has 0 unspecified atom stereocenters. The van der Waals surface area contributed by atoms with Gasteiger partial charge in [0, 0.05) is 0 Å². The van der Waals surface area contributed by atoms with Crippen LogP contribution in [0.2, 0.25) is 0 Å². The Morgan fingerprint density at radius 3 is 2.17 bits per heavy atom. The summed E-state index contributed by atoms with van der Waals surface area (Å²) in [5, 5.41) is 7.60. The van der Waals surface area contributed by atoms with E-state index in [1.165, 1.54) is 31.9 Å². The van der Waals surface area contributed by atoms with Crippen molar-refractivity contribution in [2.24, 2.45) is 0 Å². The fourth-order valence-corrected chi connectivity index (χ4v) is 5.52. The number of rotatable bonds is 3. The third-order valence-corrected chi connectivity index (χ3v) is 6.77. The van der Waals surface area contributed by atoms with Crippen LogP contribution in [0.15, 0.2) is 84.9 Å². The van der Waals surface area contributed by atoms with Crippen molar-refractivity contribution in [2.75, 3.05) is 0 Å². The molecule has 0 bridgehead atoms. The largest absolute Gasteiger partial charge is 0.450 e. The lowest BCUT2D eigenvalue weighted by atomic mass is 10.0. The van der Waals surface area contributed by atoms with Gasteiger partial charge >= 0.3 is 0 Å². The zero-order valence-electron chi connectivity index (χ0n) is 12.5. The van der Waals surface area contributed by atoms with Gasteiger partial charge < -0.3 is 4.12 Å². The first-order valence-electron chi connectivity index (χ1n) is 7.55. The second-order valence-corrected chi connectivity index (χ2v) is 8.08. The molecular weight excluding hydrogens is 312 g/mol. The molecule has 4 rings (SSSR count). The molecule has 0 N–H and O–H groups in total. The number of fused-ring (bicyclic) bond motifs is 3. The van der Waals surface area contributed by atoms with Crippen LogP contribution in [0.25, 0.3) is 21.5 Å². The molecule has 0 aliphatic carbocycles. The van der Waals surface area contributed by atoms with E-state index in [0.29, 0.717) is 0 Å². The lowest BCUT2D eigenvalue weighted by Gasteiger charge is -2.16. The molecule has 4 radical (unpaired) electrons. The van der Waals surface area contributed by atoms with Crippen molar-refractivity contribution in [3.05, 3.63) is 84.9 Å². The van der Waals surface area contributed by atoms with Gasteiger partial charge in [0.1, 0.15) is 0 Å². The van der Waals surface area contributed by atoms with Crippen LogP contribution in [0.3, 0.4) is 0 Å². The molecule has 0 amide bonds. The monoisotopic (exact) mass is 326 g/mol. The molecule has 0 aromatic heterocycles. The highest BCUT2D eigenvalue weighted by Gasteiger charge is 2.20. The Labute approximate surface area is 140 Å². The molecule has 0 aliphatic heterocycles. The van der Waals surface area contributed by atoms with Crippen molar-refractivity contribution in [3.63, 3.8) is 0 Å². The Kier molecular flexibility index (Phi) is 3.83. The van der Waals surface area contributed by atoms with Gasteiger partial charge in [-0.15, -0.1) is 0 Å². The minimum atomic E-state index is -1.32. The van der Waals surface area contributed by atoms with Crippen molar-refractivity contribution in [3.8, 4) is 0 Å². The molecule has 0 fully saturated rings. The van der Waals surface area contributed by atoms with Gasteiger partial charge in [0.05, 0.1) is 0 Å². The average Bonchev–Trinajstić information content (AvgIpc) is 2.63. The molecular formula is C20H14OSi2. The molecule has 3 heteroatoms. The Morgan fingerprint density at radius 2 is 1.35 bits per heavy atom. The molecule has 0 spiro atoms. The van der Waals surface area contributed by atoms with E-state index in [4.69, 9.17) is 4.12 Å². The predicted molar refractivity (Wildman–Crippen MR) is 99.8 cm³/mol. The van der Waals surface area contributed by atoms with Crippen LogP contribution in [-0.4, -0.2) is 19.5 Å². The zero-order chi connectivity index (χ0) is 15.6. The van der Waals surface area contributed by atoms with Crippen LogP contribution in [-0.2, 0) is 4.12 Å². The van der Waals surface area contributed by atoms with Gasteiger partial charge in [-0.25, -0.2) is 0 Å². The van der Waals surface area contributed by atoms with E-state index in [-0.39, 0.29) is 0 Å². The Hall–Kier alpha value is -2.21. The highest BCUT2D eigenvalue weighted by molar-refractivity contribution is 6.83. The summed E-state index contributed by atoms with van der Waals surface area (Å²) in [5.74, 6) is 0. The van der Waals surface area contributed by atoms with Crippen LogP contribution < -0.4 is 10.4 Å². The average molecular weight is 327 g/mol. The van der Waals surface area contributed by atoms with Crippen LogP contribution in [0, 0.1) is 0 Å². The lowest BCUT2D eigenvalue weighted by molar-refractivity contribution is 0.661. The first-order valence-corrected chi connectivity index (χ1v) is 9.37. The highest BCUT2D eigenvalue weighted by Crippen LogP contribution is 2.24. The van der Waals surface area contributed by atoms with Gasteiger partial charge in [-0.3, -0.25) is 0 Å². The third kappa shape index (κ3) is 2.53. The van der Waals surface area contributed by atoms with E-state index >= 15 is 0 Å². The maximum atomic E-state index is 5.75. The molecule has 23 heavy (non-hydrogen) atoms. The normalized spacial score (nSPS) is 11.4. The van der Waals surface area contributed by atoms with E-state index in [0.717, 1.165) is 0 Å². The molecule has 0 saturated heterocycles. The van der Waals surface area contributed by atoms with Crippen LogP contribution in [0.1, 0.15) is 0 Å². The quantitative estimate of drug-likeness (QED) is 0.415. The summed E-state index contributed by atoms with van der Waals surface area (Å²) < 4.78 is 5.75. The van der Waals surface area contributed by atoms with Gasteiger partial charge in [-0.1, -0.05) is 84.9 Å². The second kappa shape index (κ2) is 6.12. The summed E-state index contributed by atoms with van der Waals surface area (Å²) >= 11 is 0. The first kappa shape index (κ1) is 14.4. The third-order valence-electron chi connectivity index (χ3n) is 4.17. The van der Waals surface area contributed by atoms with E-state index in [1.807, 2.05) is 6.07 Å². The standard InChI is InChI=1S/C20H14OSi2/c22-21-23(16-8-2-1-3-9-16)20-12-6-11-18-17-10-5-4-7-15(17)13-14-19(18)20/h1-14H. The Bertz CT molecular complexity index is 967. The number of benzene rings is 4. The molecule has 108 valence electrons. The molecule has 0 aliphatic rings. The van der Waals surface area contributed by atoms with Crippen molar-refractivity contribution >= 4 is 51.4 Å². The van der Waals surface area contributed by atoms with Crippen molar-refractivity contribution < 1.29 is 4.12 Å². The van der Waals surface area contributed by atoms with Gasteiger partial charge in [0.25, 0.3) is 9.04 Å². The van der Waals surface area contributed by atoms with E-state index < -0.39 is 9.04 Å². The van der Waals surface area contributed by atoms with Gasteiger partial charge in [0.15, 0.2) is 0 Å². The summed E-state index contributed by atoms with van der Waals surface area (Å²) in [6.07, 6.45) is 0. The van der Waals surface area contributed by atoms with E-state index in [9.17, 15) is 0 Å². The fraction of sp³-hybridized carbons (Fsp3) is 0. The molecule has 4 aromatic rings. The SMILES string of the molecule is [Si]O[Si](c1ccccc1)c1cccc2c1ccc1ccccc12. The van der Waals surface area contributed by atoms with Crippen molar-refractivity contribution in [1.82, 2.24) is 0 Å². The highest BCUT2D eigenvalue weighted by atomic mass is 28.3. The van der Waals surface area contributed by atoms with Crippen LogP contribution in [0.4, 0.5) is 0 Å². The fourth-order valence-electron chi connectivity index (χ4n) is 3.10. The lowest BCUT2D eigenvalue weighted by Crippen LogP contribution is -2.44. The van der Waals surface area contributed by atoms with Crippen LogP contribution >= 0.6 is 0 Å². The van der Waals surface area contributed by atoms with E-state index in [2.05, 4.69) is 89.3 Å².